The molecule has 18 heavy (non-hydrogen) atoms. The van der Waals surface area contributed by atoms with Gasteiger partial charge in [-0.15, -0.1) is 0 Å². The number of benzene rings is 1. The van der Waals surface area contributed by atoms with Gasteiger partial charge in [0.25, 0.3) is 0 Å². The van der Waals surface area contributed by atoms with Crippen molar-refractivity contribution in [1.29, 1.82) is 0 Å². The summed E-state index contributed by atoms with van der Waals surface area (Å²) in [5.74, 6) is 1.53. The first-order valence-corrected chi connectivity index (χ1v) is 7.34. The topological polar surface area (TPSA) is 39.2 Å². The standard InChI is InChI=1S/C15H20BrNO/c1-3-5-10(2)8-13(17)14-9-11-6-4-7-12(16)15(11)18-14/h4,6-7,9-10,13H,3,5,8,17H2,1-2H3. The summed E-state index contributed by atoms with van der Waals surface area (Å²) >= 11 is 3.50. The predicted molar refractivity (Wildman–Crippen MR) is 79.5 cm³/mol. The molecule has 1 heterocycles. The van der Waals surface area contributed by atoms with Crippen LogP contribution >= 0.6 is 15.9 Å². The average molecular weight is 310 g/mol. The molecule has 2 aromatic rings. The number of nitrogens with two attached hydrogens (primary N) is 1. The number of hydrogen-bond acceptors (Lipinski definition) is 2. The molecule has 2 rings (SSSR count). The van der Waals surface area contributed by atoms with E-state index in [0.717, 1.165) is 27.6 Å². The molecule has 0 aliphatic carbocycles. The third-order valence-corrected chi connectivity index (χ3v) is 3.94. The Morgan fingerprint density at radius 2 is 2.17 bits per heavy atom. The van der Waals surface area contributed by atoms with Crippen molar-refractivity contribution >= 4 is 26.9 Å². The number of halogens is 1. The van der Waals surface area contributed by atoms with Gasteiger partial charge in [-0.1, -0.05) is 38.8 Å². The Balaban J connectivity index is 2.18. The molecular formula is C15H20BrNO. The summed E-state index contributed by atoms with van der Waals surface area (Å²) in [4.78, 5) is 0. The first-order chi connectivity index (χ1) is 8.61. The van der Waals surface area contributed by atoms with E-state index in [4.69, 9.17) is 10.2 Å². The molecule has 0 bridgehead atoms. The fourth-order valence-electron chi connectivity index (χ4n) is 2.39. The van der Waals surface area contributed by atoms with E-state index in [1.807, 2.05) is 12.1 Å². The summed E-state index contributed by atoms with van der Waals surface area (Å²) in [5.41, 5.74) is 7.13. The number of hydrogen-bond donors (Lipinski definition) is 1. The minimum atomic E-state index is -0.00847. The third kappa shape index (κ3) is 2.96. The summed E-state index contributed by atoms with van der Waals surface area (Å²) < 4.78 is 6.85. The van der Waals surface area contributed by atoms with Crippen LogP contribution < -0.4 is 5.73 Å². The molecule has 0 aliphatic heterocycles. The van der Waals surface area contributed by atoms with Crippen LogP contribution in [0.3, 0.4) is 0 Å². The molecule has 1 aromatic carbocycles. The van der Waals surface area contributed by atoms with Gasteiger partial charge in [-0.2, -0.15) is 0 Å². The van der Waals surface area contributed by atoms with Crippen LogP contribution in [0.5, 0.6) is 0 Å². The number of rotatable bonds is 5. The second-order valence-corrected chi connectivity index (χ2v) is 5.90. The Morgan fingerprint density at radius 3 is 2.83 bits per heavy atom. The maximum absolute atomic E-state index is 6.23. The van der Waals surface area contributed by atoms with Gasteiger partial charge >= 0.3 is 0 Å². The molecule has 3 heteroatoms. The lowest BCUT2D eigenvalue weighted by Gasteiger charge is -2.14. The van der Waals surface area contributed by atoms with Crippen molar-refractivity contribution < 1.29 is 4.42 Å². The lowest BCUT2D eigenvalue weighted by molar-refractivity contribution is 0.396. The van der Waals surface area contributed by atoms with Gasteiger partial charge in [0.1, 0.15) is 11.3 Å². The van der Waals surface area contributed by atoms with E-state index in [0.29, 0.717) is 5.92 Å². The quantitative estimate of drug-likeness (QED) is 0.842. The first kappa shape index (κ1) is 13.6. The largest absolute Gasteiger partial charge is 0.458 e. The van der Waals surface area contributed by atoms with E-state index in [1.54, 1.807) is 0 Å². The summed E-state index contributed by atoms with van der Waals surface area (Å²) in [6, 6.07) is 8.10. The highest BCUT2D eigenvalue weighted by atomic mass is 79.9. The van der Waals surface area contributed by atoms with E-state index in [-0.39, 0.29) is 6.04 Å². The van der Waals surface area contributed by atoms with Gasteiger partial charge in [0, 0.05) is 5.39 Å². The first-order valence-electron chi connectivity index (χ1n) is 6.55. The molecule has 2 nitrogen and oxygen atoms in total. The molecule has 0 radical (unpaired) electrons. The SMILES string of the molecule is CCCC(C)CC(N)c1cc2cccc(Br)c2o1. The Hall–Kier alpha value is -0.800. The van der Waals surface area contributed by atoms with Gasteiger partial charge in [0.05, 0.1) is 10.5 Å². The van der Waals surface area contributed by atoms with E-state index in [1.165, 1.54) is 12.8 Å². The molecule has 0 fully saturated rings. The second kappa shape index (κ2) is 5.89. The molecule has 0 spiro atoms. The summed E-state index contributed by atoms with van der Waals surface area (Å²) in [6.45, 7) is 4.46. The third-order valence-electron chi connectivity index (χ3n) is 3.32. The fraction of sp³-hybridized carbons (Fsp3) is 0.467. The minimum Gasteiger partial charge on any atom is -0.458 e. The lowest BCUT2D eigenvalue weighted by atomic mass is 9.96. The zero-order valence-electron chi connectivity index (χ0n) is 10.9. The smallest absolute Gasteiger partial charge is 0.148 e. The van der Waals surface area contributed by atoms with Crippen LogP contribution in [0.4, 0.5) is 0 Å². The van der Waals surface area contributed by atoms with Crippen molar-refractivity contribution in [2.45, 2.75) is 39.2 Å². The normalized spacial score (nSPS) is 14.9. The average Bonchev–Trinajstić information content (AvgIpc) is 2.74. The van der Waals surface area contributed by atoms with E-state index >= 15 is 0 Å². The molecule has 98 valence electrons. The van der Waals surface area contributed by atoms with Gasteiger partial charge in [0.2, 0.25) is 0 Å². The summed E-state index contributed by atoms with van der Waals surface area (Å²) in [5, 5.41) is 1.11. The predicted octanol–water partition coefficient (Wildman–Crippen LogP) is 5.02. The molecule has 0 saturated carbocycles. The molecule has 0 amide bonds. The minimum absolute atomic E-state index is 0.00847. The van der Waals surface area contributed by atoms with E-state index in [2.05, 4.69) is 41.9 Å². The second-order valence-electron chi connectivity index (χ2n) is 5.04. The van der Waals surface area contributed by atoms with Crippen molar-refractivity contribution in [2.75, 3.05) is 0 Å². The number of furan rings is 1. The zero-order chi connectivity index (χ0) is 13.1. The molecule has 2 N–H and O–H groups in total. The highest BCUT2D eigenvalue weighted by Crippen LogP contribution is 2.31. The van der Waals surface area contributed by atoms with E-state index < -0.39 is 0 Å². The molecule has 1 aromatic heterocycles. The van der Waals surface area contributed by atoms with Gasteiger partial charge in [-0.05, 0) is 40.4 Å². The van der Waals surface area contributed by atoms with Crippen molar-refractivity contribution in [1.82, 2.24) is 0 Å². The van der Waals surface area contributed by atoms with Crippen LogP contribution in [0.2, 0.25) is 0 Å². The molecule has 2 atom stereocenters. The van der Waals surface area contributed by atoms with E-state index in [9.17, 15) is 0 Å². The van der Waals surface area contributed by atoms with Crippen LogP contribution in [0.25, 0.3) is 11.0 Å². The van der Waals surface area contributed by atoms with Crippen LogP contribution in [0, 0.1) is 5.92 Å². The summed E-state index contributed by atoms with van der Waals surface area (Å²) in [7, 11) is 0. The van der Waals surface area contributed by atoms with Crippen LogP contribution in [0.15, 0.2) is 33.2 Å². The maximum atomic E-state index is 6.23. The van der Waals surface area contributed by atoms with Gasteiger partial charge in [-0.3, -0.25) is 0 Å². The van der Waals surface area contributed by atoms with Gasteiger partial charge in [-0.25, -0.2) is 0 Å². The van der Waals surface area contributed by atoms with Gasteiger partial charge < -0.3 is 10.2 Å². The van der Waals surface area contributed by atoms with Crippen LogP contribution in [0.1, 0.15) is 44.9 Å². The monoisotopic (exact) mass is 309 g/mol. The van der Waals surface area contributed by atoms with Crippen molar-refractivity contribution in [2.24, 2.45) is 11.7 Å². The Bertz CT molecular complexity index is 520. The van der Waals surface area contributed by atoms with Crippen molar-refractivity contribution in [3.8, 4) is 0 Å². The highest BCUT2D eigenvalue weighted by Gasteiger charge is 2.15. The van der Waals surface area contributed by atoms with Crippen molar-refractivity contribution in [3.63, 3.8) is 0 Å². The molecule has 0 aliphatic rings. The van der Waals surface area contributed by atoms with Gasteiger partial charge in [0.15, 0.2) is 0 Å². The van der Waals surface area contributed by atoms with Crippen LogP contribution in [-0.4, -0.2) is 0 Å². The Morgan fingerprint density at radius 1 is 1.39 bits per heavy atom. The molecule has 0 saturated heterocycles. The Kier molecular flexibility index (Phi) is 4.46. The summed E-state index contributed by atoms with van der Waals surface area (Å²) in [6.07, 6.45) is 3.41. The number of fused-ring (bicyclic) bond motifs is 1. The maximum Gasteiger partial charge on any atom is 0.148 e. The van der Waals surface area contributed by atoms with Crippen molar-refractivity contribution in [3.05, 3.63) is 34.5 Å². The van der Waals surface area contributed by atoms with Crippen LogP contribution in [-0.2, 0) is 0 Å². The number of para-hydroxylation sites is 1. The molecule has 2 unspecified atom stereocenters. The zero-order valence-corrected chi connectivity index (χ0v) is 12.5. The fourth-order valence-corrected chi connectivity index (χ4v) is 2.85. The Labute approximate surface area is 117 Å². The lowest BCUT2D eigenvalue weighted by Crippen LogP contribution is -2.13. The highest BCUT2D eigenvalue weighted by molar-refractivity contribution is 9.10. The molecular weight excluding hydrogens is 290 g/mol.